The minimum Gasteiger partial charge on any atom is -0.497 e. The summed E-state index contributed by atoms with van der Waals surface area (Å²) in [5.41, 5.74) is 1.76. The zero-order valence-electron chi connectivity index (χ0n) is 16.7. The predicted octanol–water partition coefficient (Wildman–Crippen LogP) is 3.24. The van der Waals surface area contributed by atoms with Crippen molar-refractivity contribution in [3.8, 4) is 5.75 Å². The molecule has 1 unspecified atom stereocenters. The lowest BCUT2D eigenvalue weighted by Crippen LogP contribution is -2.45. The lowest BCUT2D eigenvalue weighted by molar-refractivity contribution is -0.385. The summed E-state index contributed by atoms with van der Waals surface area (Å²) in [6, 6.07) is 9.92. The molecule has 2 aromatic carbocycles. The Hall–Kier alpha value is -3.88. The van der Waals surface area contributed by atoms with E-state index in [0.717, 1.165) is 0 Å². The summed E-state index contributed by atoms with van der Waals surface area (Å²) in [4.78, 5) is 36.1. The number of benzene rings is 2. The molecule has 0 aliphatic carbocycles. The summed E-state index contributed by atoms with van der Waals surface area (Å²) in [5.74, 6) is -0.0212. The summed E-state index contributed by atoms with van der Waals surface area (Å²) in [6.07, 6.45) is 0. The first-order valence-electron chi connectivity index (χ1n) is 9.23. The fraction of sp³-hybridized carbons (Fsp3) is 0.238. The Morgan fingerprint density at radius 2 is 1.90 bits per heavy atom. The van der Waals surface area contributed by atoms with Crippen LogP contribution >= 0.6 is 0 Å². The van der Waals surface area contributed by atoms with Crippen molar-refractivity contribution in [1.29, 1.82) is 0 Å². The third kappa shape index (κ3) is 4.09. The van der Waals surface area contributed by atoms with E-state index < -0.39 is 23.0 Å². The van der Waals surface area contributed by atoms with Gasteiger partial charge in [0.25, 0.3) is 5.69 Å². The molecular formula is C21H21N3O6. The normalized spacial score (nSPS) is 15.8. The number of rotatable bonds is 6. The van der Waals surface area contributed by atoms with E-state index in [1.54, 1.807) is 50.2 Å². The molecule has 0 radical (unpaired) electrons. The third-order valence-corrected chi connectivity index (χ3v) is 4.71. The van der Waals surface area contributed by atoms with Crippen LogP contribution in [0.4, 0.5) is 10.5 Å². The predicted molar refractivity (Wildman–Crippen MR) is 109 cm³/mol. The van der Waals surface area contributed by atoms with E-state index in [1.807, 2.05) is 0 Å². The van der Waals surface area contributed by atoms with Crippen LogP contribution in [0.5, 0.6) is 5.75 Å². The van der Waals surface area contributed by atoms with Crippen molar-refractivity contribution in [2.75, 3.05) is 13.7 Å². The molecule has 0 saturated carbocycles. The van der Waals surface area contributed by atoms with E-state index in [-0.39, 0.29) is 23.6 Å². The van der Waals surface area contributed by atoms with Gasteiger partial charge in [0.1, 0.15) is 5.75 Å². The molecule has 2 N–H and O–H groups in total. The number of esters is 1. The number of hydrogen-bond donors (Lipinski definition) is 2. The van der Waals surface area contributed by atoms with E-state index in [1.165, 1.54) is 13.2 Å². The van der Waals surface area contributed by atoms with Gasteiger partial charge in [0.15, 0.2) is 0 Å². The SMILES string of the molecule is CCOC(=O)C1=C(c2ccc(OC)cc2)NC(=O)NC1c1ccc(C)c([N+](=O)[O-])c1. The Morgan fingerprint density at radius 3 is 2.50 bits per heavy atom. The quantitative estimate of drug-likeness (QED) is 0.428. The van der Waals surface area contributed by atoms with Crippen LogP contribution in [0.2, 0.25) is 0 Å². The number of nitro groups is 1. The number of urea groups is 1. The number of nitrogens with one attached hydrogen (secondary N) is 2. The van der Waals surface area contributed by atoms with Crippen molar-refractivity contribution in [2.45, 2.75) is 19.9 Å². The summed E-state index contributed by atoms with van der Waals surface area (Å²) in [6.45, 7) is 3.42. The van der Waals surface area contributed by atoms with Crippen LogP contribution in [-0.4, -0.2) is 30.6 Å². The largest absolute Gasteiger partial charge is 0.497 e. The summed E-state index contributed by atoms with van der Waals surface area (Å²) in [5, 5.41) is 16.7. The van der Waals surface area contributed by atoms with Crippen LogP contribution in [0.3, 0.4) is 0 Å². The molecule has 0 spiro atoms. The lowest BCUT2D eigenvalue weighted by Gasteiger charge is -2.29. The number of amides is 2. The minimum atomic E-state index is -0.922. The smallest absolute Gasteiger partial charge is 0.338 e. The maximum Gasteiger partial charge on any atom is 0.338 e. The van der Waals surface area contributed by atoms with Crippen molar-refractivity contribution in [2.24, 2.45) is 0 Å². The highest BCUT2D eigenvalue weighted by Gasteiger charge is 2.35. The average molecular weight is 411 g/mol. The number of nitro benzene ring substituents is 1. The molecule has 0 bridgehead atoms. The van der Waals surface area contributed by atoms with E-state index in [2.05, 4.69) is 10.6 Å². The molecule has 3 rings (SSSR count). The van der Waals surface area contributed by atoms with E-state index in [9.17, 15) is 19.7 Å². The molecular weight excluding hydrogens is 390 g/mol. The van der Waals surface area contributed by atoms with Crippen molar-refractivity contribution in [3.63, 3.8) is 0 Å². The Kier molecular flexibility index (Phi) is 6.01. The number of nitrogens with zero attached hydrogens (tertiary/aromatic N) is 1. The highest BCUT2D eigenvalue weighted by Crippen LogP contribution is 2.34. The zero-order valence-corrected chi connectivity index (χ0v) is 16.7. The van der Waals surface area contributed by atoms with Gasteiger partial charge in [-0.2, -0.15) is 0 Å². The van der Waals surface area contributed by atoms with Gasteiger partial charge in [-0.05, 0) is 49.2 Å². The molecule has 0 saturated heterocycles. The van der Waals surface area contributed by atoms with E-state index in [4.69, 9.17) is 9.47 Å². The summed E-state index contributed by atoms with van der Waals surface area (Å²) >= 11 is 0. The lowest BCUT2D eigenvalue weighted by atomic mass is 9.92. The maximum absolute atomic E-state index is 12.9. The summed E-state index contributed by atoms with van der Waals surface area (Å²) in [7, 11) is 1.53. The fourth-order valence-electron chi connectivity index (χ4n) is 3.23. The van der Waals surface area contributed by atoms with Gasteiger partial charge in [0.2, 0.25) is 0 Å². The average Bonchev–Trinajstić information content (AvgIpc) is 2.73. The zero-order chi connectivity index (χ0) is 21.8. The Balaban J connectivity index is 2.19. The molecule has 1 aliphatic heterocycles. The van der Waals surface area contributed by atoms with Crippen LogP contribution in [0.1, 0.15) is 29.7 Å². The van der Waals surface area contributed by atoms with Gasteiger partial charge < -0.3 is 20.1 Å². The molecule has 9 heteroatoms. The Morgan fingerprint density at radius 1 is 1.20 bits per heavy atom. The number of aryl methyl sites for hydroxylation is 1. The molecule has 2 amide bonds. The second kappa shape index (κ2) is 8.64. The first kappa shape index (κ1) is 20.8. The van der Waals surface area contributed by atoms with Gasteiger partial charge in [-0.1, -0.05) is 12.1 Å². The first-order valence-corrected chi connectivity index (χ1v) is 9.23. The van der Waals surface area contributed by atoms with Gasteiger partial charge in [-0.15, -0.1) is 0 Å². The first-order chi connectivity index (χ1) is 14.3. The molecule has 156 valence electrons. The van der Waals surface area contributed by atoms with Crippen LogP contribution in [0, 0.1) is 17.0 Å². The molecule has 0 aromatic heterocycles. The van der Waals surface area contributed by atoms with Gasteiger partial charge in [0, 0.05) is 11.6 Å². The maximum atomic E-state index is 12.9. The van der Waals surface area contributed by atoms with Crippen molar-refractivity contribution >= 4 is 23.4 Å². The van der Waals surface area contributed by atoms with Crippen molar-refractivity contribution < 1.29 is 24.0 Å². The molecule has 1 aliphatic rings. The standard InChI is InChI=1S/C21H21N3O6/c1-4-30-20(25)17-18(13-7-9-15(29-3)10-8-13)22-21(26)23-19(17)14-6-5-12(2)16(11-14)24(27)28/h5-11,19H,4H2,1-3H3,(H2,22,23,26). The van der Waals surface area contributed by atoms with Gasteiger partial charge in [-0.3, -0.25) is 10.1 Å². The van der Waals surface area contributed by atoms with Crippen LogP contribution in [-0.2, 0) is 9.53 Å². The van der Waals surface area contributed by atoms with Crippen LogP contribution < -0.4 is 15.4 Å². The molecule has 1 atom stereocenters. The van der Waals surface area contributed by atoms with E-state index >= 15 is 0 Å². The van der Waals surface area contributed by atoms with Gasteiger partial charge in [0.05, 0.1) is 36.0 Å². The second-order valence-electron chi connectivity index (χ2n) is 6.57. The molecule has 0 fully saturated rings. The van der Waals surface area contributed by atoms with Crippen LogP contribution in [0.25, 0.3) is 5.70 Å². The van der Waals surface area contributed by atoms with Crippen LogP contribution in [0.15, 0.2) is 48.0 Å². The number of ether oxygens (including phenoxy) is 2. The third-order valence-electron chi connectivity index (χ3n) is 4.71. The Labute approximate surface area is 172 Å². The monoisotopic (exact) mass is 411 g/mol. The summed E-state index contributed by atoms with van der Waals surface area (Å²) < 4.78 is 10.4. The number of carbonyl (C=O) groups is 2. The number of methoxy groups -OCH3 is 1. The second-order valence-corrected chi connectivity index (χ2v) is 6.57. The molecule has 1 heterocycles. The number of hydrogen-bond acceptors (Lipinski definition) is 6. The Bertz CT molecular complexity index is 1030. The van der Waals surface area contributed by atoms with E-state index in [0.29, 0.717) is 22.4 Å². The topological polar surface area (TPSA) is 120 Å². The molecule has 2 aromatic rings. The molecule has 9 nitrogen and oxygen atoms in total. The van der Waals surface area contributed by atoms with Crippen molar-refractivity contribution in [1.82, 2.24) is 10.6 Å². The minimum absolute atomic E-state index is 0.102. The molecule has 30 heavy (non-hydrogen) atoms. The van der Waals surface area contributed by atoms with Gasteiger partial charge in [-0.25, -0.2) is 9.59 Å². The number of carbonyl (C=O) groups excluding carboxylic acids is 2. The van der Waals surface area contributed by atoms with Crippen molar-refractivity contribution in [3.05, 3.63) is 74.8 Å². The van der Waals surface area contributed by atoms with Gasteiger partial charge >= 0.3 is 12.0 Å². The fourth-order valence-corrected chi connectivity index (χ4v) is 3.23. The highest BCUT2D eigenvalue weighted by molar-refractivity contribution is 6.04. The highest BCUT2D eigenvalue weighted by atomic mass is 16.6.